The maximum Gasteiger partial charge on any atom is 0.265 e. The maximum absolute atomic E-state index is 13.7. The molecule has 3 rings (SSSR count). The van der Waals surface area contributed by atoms with Gasteiger partial charge in [-0.05, 0) is 42.0 Å². The number of hydrogen-bond acceptors (Lipinski definition) is 3. The Morgan fingerprint density at radius 2 is 2.20 bits per heavy atom. The standard InChI is InChI=1S/C14H11BrFNOS2/c15-9-1-2-11(10(16)6-9)17-14(18)13-5-8-7-19-4-3-12(8)20-13/h1-2,5-6H,3-4,7H2,(H,17,18). The van der Waals surface area contributed by atoms with Gasteiger partial charge < -0.3 is 5.32 Å². The van der Waals surface area contributed by atoms with Crippen LogP contribution in [0.4, 0.5) is 10.1 Å². The quantitative estimate of drug-likeness (QED) is 0.829. The minimum Gasteiger partial charge on any atom is -0.319 e. The molecule has 104 valence electrons. The van der Waals surface area contributed by atoms with Gasteiger partial charge in [0.1, 0.15) is 5.82 Å². The fourth-order valence-corrected chi connectivity index (χ4v) is 4.63. The zero-order valence-electron chi connectivity index (χ0n) is 10.4. The van der Waals surface area contributed by atoms with E-state index >= 15 is 0 Å². The molecule has 1 N–H and O–H groups in total. The Morgan fingerprint density at radius 3 is 2.95 bits per heavy atom. The Morgan fingerprint density at radius 1 is 1.35 bits per heavy atom. The lowest BCUT2D eigenvalue weighted by Crippen LogP contribution is -2.11. The number of thiophene rings is 1. The molecule has 0 aliphatic carbocycles. The second kappa shape index (κ2) is 5.87. The Kier molecular flexibility index (Phi) is 4.14. The summed E-state index contributed by atoms with van der Waals surface area (Å²) in [5, 5.41) is 2.63. The van der Waals surface area contributed by atoms with E-state index in [0.717, 1.165) is 17.9 Å². The lowest BCUT2D eigenvalue weighted by Gasteiger charge is -2.08. The van der Waals surface area contributed by atoms with Crippen LogP contribution in [0, 0.1) is 5.82 Å². The SMILES string of the molecule is O=C(Nc1ccc(Br)cc1F)c1cc2c(s1)CCSC2. The number of carbonyl (C=O) groups is 1. The number of rotatable bonds is 2. The molecular weight excluding hydrogens is 361 g/mol. The summed E-state index contributed by atoms with van der Waals surface area (Å²) in [6.45, 7) is 0. The summed E-state index contributed by atoms with van der Waals surface area (Å²) < 4.78 is 14.4. The third kappa shape index (κ3) is 2.92. The van der Waals surface area contributed by atoms with Gasteiger partial charge in [-0.15, -0.1) is 11.3 Å². The zero-order valence-corrected chi connectivity index (χ0v) is 13.6. The van der Waals surface area contributed by atoms with Gasteiger partial charge in [-0.25, -0.2) is 4.39 Å². The van der Waals surface area contributed by atoms with E-state index in [-0.39, 0.29) is 11.6 Å². The van der Waals surface area contributed by atoms with Crippen molar-refractivity contribution in [2.45, 2.75) is 12.2 Å². The van der Waals surface area contributed by atoms with Crippen LogP contribution >= 0.6 is 39.0 Å². The van der Waals surface area contributed by atoms with Crippen molar-refractivity contribution in [2.75, 3.05) is 11.1 Å². The Balaban J connectivity index is 1.80. The van der Waals surface area contributed by atoms with Crippen LogP contribution in [0.25, 0.3) is 0 Å². The third-order valence-electron chi connectivity index (χ3n) is 3.03. The highest BCUT2D eigenvalue weighted by molar-refractivity contribution is 9.10. The van der Waals surface area contributed by atoms with Gasteiger partial charge >= 0.3 is 0 Å². The van der Waals surface area contributed by atoms with E-state index in [1.807, 2.05) is 17.8 Å². The second-order valence-corrected chi connectivity index (χ2v) is 7.60. The molecule has 1 amide bonds. The number of hydrogen-bond donors (Lipinski definition) is 1. The van der Waals surface area contributed by atoms with E-state index < -0.39 is 5.82 Å². The van der Waals surface area contributed by atoms with Crippen LogP contribution in [0.5, 0.6) is 0 Å². The van der Waals surface area contributed by atoms with E-state index in [4.69, 9.17) is 0 Å². The average Bonchev–Trinajstić information content (AvgIpc) is 2.86. The highest BCUT2D eigenvalue weighted by Gasteiger charge is 2.18. The summed E-state index contributed by atoms with van der Waals surface area (Å²) in [6.07, 6.45) is 1.02. The topological polar surface area (TPSA) is 29.1 Å². The van der Waals surface area contributed by atoms with Gasteiger partial charge in [0.25, 0.3) is 5.91 Å². The Bertz CT molecular complexity index is 648. The number of anilines is 1. The number of nitrogens with one attached hydrogen (secondary N) is 1. The van der Waals surface area contributed by atoms with Crippen LogP contribution in [0.2, 0.25) is 0 Å². The molecule has 2 aromatic rings. The Hall–Kier alpha value is -0.850. The number of carbonyl (C=O) groups excluding carboxylic acids is 1. The molecule has 0 bridgehead atoms. The summed E-state index contributed by atoms with van der Waals surface area (Å²) in [4.78, 5) is 14.1. The van der Waals surface area contributed by atoms with Gasteiger partial charge in [0.05, 0.1) is 10.6 Å². The minimum atomic E-state index is -0.440. The molecule has 2 nitrogen and oxygen atoms in total. The first-order valence-electron chi connectivity index (χ1n) is 6.09. The smallest absolute Gasteiger partial charge is 0.265 e. The molecule has 0 atom stereocenters. The van der Waals surface area contributed by atoms with Crippen LogP contribution < -0.4 is 5.32 Å². The van der Waals surface area contributed by atoms with E-state index in [2.05, 4.69) is 21.2 Å². The summed E-state index contributed by atoms with van der Waals surface area (Å²) in [5.41, 5.74) is 1.45. The number of halogens is 2. The summed E-state index contributed by atoms with van der Waals surface area (Å²) >= 11 is 6.59. The summed E-state index contributed by atoms with van der Waals surface area (Å²) in [6, 6.07) is 6.53. The molecule has 1 aromatic carbocycles. The van der Waals surface area contributed by atoms with E-state index in [0.29, 0.717) is 9.35 Å². The van der Waals surface area contributed by atoms with Gasteiger partial charge in [0.2, 0.25) is 0 Å². The number of amides is 1. The van der Waals surface area contributed by atoms with Crippen LogP contribution in [0.1, 0.15) is 20.1 Å². The number of thioether (sulfide) groups is 1. The van der Waals surface area contributed by atoms with Crippen molar-refractivity contribution in [1.82, 2.24) is 0 Å². The molecule has 6 heteroatoms. The van der Waals surface area contributed by atoms with Crippen molar-refractivity contribution >= 4 is 50.6 Å². The molecule has 0 saturated carbocycles. The lowest BCUT2D eigenvalue weighted by molar-refractivity contribution is 0.103. The zero-order chi connectivity index (χ0) is 14.1. The highest BCUT2D eigenvalue weighted by atomic mass is 79.9. The minimum absolute atomic E-state index is 0.207. The van der Waals surface area contributed by atoms with E-state index in [1.165, 1.54) is 27.8 Å². The van der Waals surface area contributed by atoms with Crippen molar-refractivity contribution in [2.24, 2.45) is 0 Å². The van der Waals surface area contributed by atoms with Gasteiger partial charge in [0, 0.05) is 15.1 Å². The first-order valence-corrected chi connectivity index (χ1v) is 8.85. The molecule has 2 heterocycles. The first kappa shape index (κ1) is 14.1. The van der Waals surface area contributed by atoms with Crippen LogP contribution in [0.3, 0.4) is 0 Å². The van der Waals surface area contributed by atoms with Crippen LogP contribution in [-0.2, 0) is 12.2 Å². The molecular formula is C14H11BrFNOS2. The predicted molar refractivity (Wildman–Crippen MR) is 86.2 cm³/mol. The maximum atomic E-state index is 13.7. The largest absolute Gasteiger partial charge is 0.319 e. The molecule has 0 spiro atoms. The first-order chi connectivity index (χ1) is 9.63. The number of benzene rings is 1. The van der Waals surface area contributed by atoms with E-state index in [9.17, 15) is 9.18 Å². The van der Waals surface area contributed by atoms with Gasteiger partial charge in [0.15, 0.2) is 0 Å². The monoisotopic (exact) mass is 371 g/mol. The van der Waals surface area contributed by atoms with Gasteiger partial charge in [-0.1, -0.05) is 15.9 Å². The van der Waals surface area contributed by atoms with Gasteiger partial charge in [-0.3, -0.25) is 4.79 Å². The molecule has 0 fully saturated rings. The third-order valence-corrected chi connectivity index (χ3v) is 5.77. The number of aryl methyl sites for hydroxylation is 1. The van der Waals surface area contributed by atoms with Crippen molar-refractivity contribution in [1.29, 1.82) is 0 Å². The Labute approximate surface area is 132 Å². The normalized spacial score (nSPS) is 13.9. The summed E-state index contributed by atoms with van der Waals surface area (Å²) in [5.74, 6) is 1.39. The van der Waals surface area contributed by atoms with Crippen molar-refractivity contribution in [3.63, 3.8) is 0 Å². The van der Waals surface area contributed by atoms with Crippen LogP contribution in [-0.4, -0.2) is 11.7 Å². The molecule has 20 heavy (non-hydrogen) atoms. The fraction of sp³-hybridized carbons (Fsp3) is 0.214. The van der Waals surface area contributed by atoms with Crippen molar-refractivity contribution < 1.29 is 9.18 Å². The fourth-order valence-electron chi connectivity index (χ4n) is 2.03. The lowest BCUT2D eigenvalue weighted by atomic mass is 10.2. The van der Waals surface area contributed by atoms with E-state index in [1.54, 1.807) is 12.1 Å². The molecule has 1 aliphatic rings. The predicted octanol–water partition coefficient (Wildman–Crippen LogP) is 4.69. The molecule has 0 unspecified atom stereocenters. The van der Waals surface area contributed by atoms with Crippen molar-refractivity contribution in [3.8, 4) is 0 Å². The van der Waals surface area contributed by atoms with Gasteiger partial charge in [-0.2, -0.15) is 11.8 Å². The number of fused-ring (bicyclic) bond motifs is 1. The molecule has 0 saturated heterocycles. The summed E-state index contributed by atoms with van der Waals surface area (Å²) in [7, 11) is 0. The molecule has 1 aromatic heterocycles. The molecule has 0 radical (unpaired) electrons. The highest BCUT2D eigenvalue weighted by Crippen LogP contribution is 2.32. The molecule has 1 aliphatic heterocycles. The average molecular weight is 372 g/mol. The second-order valence-electron chi connectivity index (χ2n) is 4.44. The van der Waals surface area contributed by atoms with Crippen molar-refractivity contribution in [3.05, 3.63) is 49.9 Å². The van der Waals surface area contributed by atoms with Crippen LogP contribution in [0.15, 0.2) is 28.7 Å².